The Balaban J connectivity index is 1.43. The Morgan fingerprint density at radius 3 is 2.52 bits per heavy atom. The lowest BCUT2D eigenvalue weighted by atomic mass is 10.1. The molecule has 1 aliphatic carbocycles. The van der Waals surface area contributed by atoms with Gasteiger partial charge in [-0.25, -0.2) is 0 Å². The summed E-state index contributed by atoms with van der Waals surface area (Å²) in [5, 5.41) is 2.92. The Bertz CT molecular complexity index is 750. The molecular weight excluding hydrogens is 347 g/mol. The smallest absolute Gasteiger partial charge is 0.368 e. The first-order chi connectivity index (χ1) is 12.0. The quantitative estimate of drug-likeness (QED) is 0.893. The number of nitrogens with zero attached hydrogens (tertiary/aromatic N) is 2. The molecule has 2 fully saturated rings. The maximum Gasteiger partial charge on any atom is 0.416 e. The van der Waals surface area contributed by atoms with Gasteiger partial charge >= 0.3 is 6.18 Å². The normalized spacial score (nSPS) is 24.9. The standard InChI is InChI=1S/C18H22F3N3S/c19-18(20,21)14-1-2-15-16(11-25-17(15)8-14)24-5-3-23(4-6-24)10-13-7-12(13)9-22/h1-2,8,11-13H,3-7,9-10,22H2. The molecule has 2 N–H and O–H groups in total. The minimum absolute atomic E-state index is 0.572. The van der Waals surface area contributed by atoms with Crippen LogP contribution in [-0.2, 0) is 6.18 Å². The van der Waals surface area contributed by atoms with Crippen LogP contribution in [0.2, 0.25) is 0 Å². The third kappa shape index (κ3) is 3.50. The number of halogens is 3. The van der Waals surface area contributed by atoms with Crippen molar-refractivity contribution >= 4 is 27.1 Å². The molecule has 136 valence electrons. The van der Waals surface area contributed by atoms with E-state index in [2.05, 4.69) is 9.80 Å². The van der Waals surface area contributed by atoms with Crippen LogP contribution in [0.4, 0.5) is 18.9 Å². The van der Waals surface area contributed by atoms with Crippen LogP contribution in [0.15, 0.2) is 23.6 Å². The number of anilines is 1. The van der Waals surface area contributed by atoms with Crippen molar-refractivity contribution in [1.29, 1.82) is 0 Å². The fraction of sp³-hybridized carbons (Fsp3) is 0.556. The first-order valence-electron chi connectivity index (χ1n) is 8.71. The van der Waals surface area contributed by atoms with E-state index in [1.807, 2.05) is 5.38 Å². The molecule has 1 aromatic carbocycles. The van der Waals surface area contributed by atoms with E-state index in [0.29, 0.717) is 10.6 Å². The second-order valence-corrected chi connectivity index (χ2v) is 8.02. The highest BCUT2D eigenvalue weighted by Gasteiger charge is 2.37. The summed E-state index contributed by atoms with van der Waals surface area (Å²) in [5.74, 6) is 1.47. The number of hydrogen-bond donors (Lipinski definition) is 1. The lowest BCUT2D eigenvalue weighted by Crippen LogP contribution is -2.47. The van der Waals surface area contributed by atoms with Gasteiger partial charge in [0.15, 0.2) is 0 Å². The lowest BCUT2D eigenvalue weighted by molar-refractivity contribution is -0.137. The summed E-state index contributed by atoms with van der Waals surface area (Å²) in [7, 11) is 0. The molecule has 2 aliphatic rings. The molecule has 0 bridgehead atoms. The Morgan fingerprint density at radius 2 is 1.88 bits per heavy atom. The molecule has 0 amide bonds. The summed E-state index contributed by atoms with van der Waals surface area (Å²) in [6, 6.07) is 4.07. The molecule has 1 saturated heterocycles. The first kappa shape index (κ1) is 17.1. The number of rotatable bonds is 4. The molecule has 2 aromatic rings. The molecule has 1 aromatic heterocycles. The van der Waals surface area contributed by atoms with Crippen molar-refractivity contribution in [2.75, 3.05) is 44.2 Å². The zero-order valence-corrected chi connectivity index (χ0v) is 14.7. The van der Waals surface area contributed by atoms with Gasteiger partial charge in [-0.15, -0.1) is 11.3 Å². The second kappa shape index (κ2) is 6.45. The first-order valence-corrected chi connectivity index (χ1v) is 9.59. The minimum Gasteiger partial charge on any atom is -0.368 e. The third-order valence-electron chi connectivity index (χ3n) is 5.46. The molecule has 0 spiro atoms. The number of nitrogens with two attached hydrogens (primary N) is 1. The van der Waals surface area contributed by atoms with Crippen molar-refractivity contribution in [3.05, 3.63) is 29.1 Å². The van der Waals surface area contributed by atoms with E-state index in [1.165, 1.54) is 29.9 Å². The number of thiophene rings is 1. The summed E-state index contributed by atoms with van der Waals surface area (Å²) >= 11 is 1.39. The highest BCUT2D eigenvalue weighted by atomic mass is 32.1. The number of piperazine rings is 1. The van der Waals surface area contributed by atoms with Crippen molar-refractivity contribution in [3.8, 4) is 0 Å². The van der Waals surface area contributed by atoms with Crippen LogP contribution in [-0.4, -0.2) is 44.2 Å². The number of benzene rings is 1. The maximum absolute atomic E-state index is 12.9. The predicted molar refractivity (Wildman–Crippen MR) is 96.1 cm³/mol. The van der Waals surface area contributed by atoms with Gasteiger partial charge in [-0.2, -0.15) is 13.2 Å². The highest BCUT2D eigenvalue weighted by molar-refractivity contribution is 7.17. The summed E-state index contributed by atoms with van der Waals surface area (Å²) < 4.78 is 39.3. The number of alkyl halides is 3. The van der Waals surface area contributed by atoms with Crippen molar-refractivity contribution in [3.63, 3.8) is 0 Å². The van der Waals surface area contributed by atoms with Crippen LogP contribution in [0, 0.1) is 11.8 Å². The van der Waals surface area contributed by atoms with Crippen molar-refractivity contribution in [2.45, 2.75) is 12.6 Å². The molecule has 0 radical (unpaired) electrons. The summed E-state index contributed by atoms with van der Waals surface area (Å²) in [5.41, 5.74) is 6.21. The van der Waals surface area contributed by atoms with Gasteiger partial charge in [0.05, 0.1) is 11.3 Å². The molecule has 3 nitrogen and oxygen atoms in total. The fourth-order valence-corrected chi connectivity index (χ4v) is 4.77. The molecule has 7 heteroatoms. The van der Waals surface area contributed by atoms with Gasteiger partial charge in [-0.1, -0.05) is 6.07 Å². The molecule has 2 atom stereocenters. The van der Waals surface area contributed by atoms with Crippen LogP contribution in [0.3, 0.4) is 0 Å². The van der Waals surface area contributed by atoms with Crippen LogP contribution in [0.1, 0.15) is 12.0 Å². The van der Waals surface area contributed by atoms with E-state index in [-0.39, 0.29) is 0 Å². The van der Waals surface area contributed by atoms with Gasteiger partial charge in [0, 0.05) is 48.2 Å². The zero-order valence-electron chi connectivity index (χ0n) is 13.9. The molecule has 2 heterocycles. The van der Waals surface area contributed by atoms with E-state index in [0.717, 1.165) is 56.3 Å². The minimum atomic E-state index is -4.28. The Kier molecular flexibility index (Phi) is 4.42. The van der Waals surface area contributed by atoms with E-state index in [1.54, 1.807) is 6.07 Å². The zero-order chi connectivity index (χ0) is 17.6. The van der Waals surface area contributed by atoms with Gasteiger partial charge in [-0.05, 0) is 36.9 Å². The van der Waals surface area contributed by atoms with Crippen LogP contribution in [0.25, 0.3) is 10.1 Å². The van der Waals surface area contributed by atoms with Crippen molar-refractivity contribution in [2.24, 2.45) is 17.6 Å². The molecule has 1 aliphatic heterocycles. The van der Waals surface area contributed by atoms with Crippen LogP contribution in [0.5, 0.6) is 0 Å². The highest BCUT2D eigenvalue weighted by Crippen LogP contribution is 2.39. The van der Waals surface area contributed by atoms with Gasteiger partial charge in [0.1, 0.15) is 0 Å². The van der Waals surface area contributed by atoms with Gasteiger partial charge in [0.25, 0.3) is 0 Å². The molecule has 4 rings (SSSR count). The maximum atomic E-state index is 12.9. The van der Waals surface area contributed by atoms with E-state index >= 15 is 0 Å². The number of hydrogen-bond acceptors (Lipinski definition) is 4. The molecular formula is C18H22F3N3S. The van der Waals surface area contributed by atoms with Gasteiger partial charge < -0.3 is 10.6 Å². The van der Waals surface area contributed by atoms with Gasteiger partial charge in [0.2, 0.25) is 0 Å². The molecule has 25 heavy (non-hydrogen) atoms. The average Bonchev–Trinajstić information content (AvgIpc) is 3.20. The summed E-state index contributed by atoms with van der Waals surface area (Å²) in [6.45, 7) is 5.79. The SMILES string of the molecule is NCC1CC1CN1CCN(c2csc3cc(C(F)(F)F)ccc23)CC1. The van der Waals surface area contributed by atoms with E-state index < -0.39 is 11.7 Å². The Morgan fingerprint density at radius 1 is 1.12 bits per heavy atom. The van der Waals surface area contributed by atoms with Crippen LogP contribution < -0.4 is 10.6 Å². The monoisotopic (exact) mass is 369 g/mol. The van der Waals surface area contributed by atoms with Crippen molar-refractivity contribution < 1.29 is 13.2 Å². The Labute approximate surface area is 149 Å². The predicted octanol–water partition coefficient (Wildman–Crippen LogP) is 3.64. The topological polar surface area (TPSA) is 32.5 Å². The fourth-order valence-electron chi connectivity index (χ4n) is 3.76. The number of fused-ring (bicyclic) bond motifs is 1. The molecule has 1 saturated carbocycles. The molecule has 2 unspecified atom stereocenters. The largest absolute Gasteiger partial charge is 0.416 e. The van der Waals surface area contributed by atoms with E-state index in [4.69, 9.17) is 5.73 Å². The summed E-state index contributed by atoms with van der Waals surface area (Å²) in [6.07, 6.45) is -3.03. The average molecular weight is 369 g/mol. The summed E-state index contributed by atoms with van der Waals surface area (Å²) in [4.78, 5) is 4.79. The Hall–Kier alpha value is -1.31. The third-order valence-corrected chi connectivity index (χ3v) is 6.39. The lowest BCUT2D eigenvalue weighted by Gasteiger charge is -2.36. The van der Waals surface area contributed by atoms with Crippen molar-refractivity contribution in [1.82, 2.24) is 4.90 Å². The van der Waals surface area contributed by atoms with Crippen LogP contribution >= 0.6 is 11.3 Å². The van der Waals surface area contributed by atoms with Gasteiger partial charge in [-0.3, -0.25) is 4.90 Å². The second-order valence-electron chi connectivity index (χ2n) is 7.11. The van der Waals surface area contributed by atoms with E-state index in [9.17, 15) is 13.2 Å².